The third kappa shape index (κ3) is 3.85. The van der Waals surface area contributed by atoms with Crippen LogP contribution in [0, 0.1) is 0 Å². The highest BCUT2D eigenvalue weighted by Gasteiger charge is 2.32. The van der Waals surface area contributed by atoms with Crippen LogP contribution in [0.25, 0.3) is 0 Å². The number of hydrogen-bond acceptors (Lipinski definition) is 5. The van der Waals surface area contributed by atoms with Crippen molar-refractivity contribution in [3.05, 3.63) is 29.3 Å². The molecule has 2 unspecified atom stereocenters. The van der Waals surface area contributed by atoms with E-state index in [4.69, 9.17) is 15.2 Å². The van der Waals surface area contributed by atoms with Crippen LogP contribution in [0.1, 0.15) is 42.9 Å². The first-order valence-electron chi connectivity index (χ1n) is 9.76. The molecule has 25 heavy (non-hydrogen) atoms. The van der Waals surface area contributed by atoms with E-state index < -0.39 is 0 Å². The highest BCUT2D eigenvalue weighted by molar-refractivity contribution is 5.41. The molecule has 3 aliphatic heterocycles. The maximum Gasteiger partial charge on any atom is 0.120 e. The number of fused-ring (bicyclic) bond motifs is 1. The summed E-state index contributed by atoms with van der Waals surface area (Å²) in [6, 6.07) is 6.90. The second kappa shape index (κ2) is 7.62. The first-order valence-corrected chi connectivity index (χ1v) is 9.76. The van der Waals surface area contributed by atoms with E-state index in [2.05, 4.69) is 35.0 Å². The van der Waals surface area contributed by atoms with E-state index in [9.17, 15) is 0 Å². The van der Waals surface area contributed by atoms with Gasteiger partial charge in [0.1, 0.15) is 11.9 Å². The normalized spacial score (nSPS) is 28.4. The lowest BCUT2D eigenvalue weighted by atomic mass is 10.0. The number of nitrogens with two attached hydrogens (primary N) is 1. The molecule has 3 heterocycles. The van der Waals surface area contributed by atoms with Gasteiger partial charge in [-0.2, -0.15) is 0 Å². The van der Waals surface area contributed by atoms with E-state index in [1.54, 1.807) is 0 Å². The average molecular weight is 345 g/mol. The molecule has 1 aromatic rings. The molecule has 2 atom stereocenters. The van der Waals surface area contributed by atoms with Crippen LogP contribution < -0.4 is 10.5 Å². The molecule has 2 N–H and O–H groups in total. The summed E-state index contributed by atoms with van der Waals surface area (Å²) < 4.78 is 12.1. The van der Waals surface area contributed by atoms with E-state index in [0.717, 1.165) is 51.4 Å². The van der Waals surface area contributed by atoms with Gasteiger partial charge in [0.05, 0.1) is 6.10 Å². The molecule has 0 aliphatic carbocycles. The Bertz CT molecular complexity index is 580. The van der Waals surface area contributed by atoms with Crippen molar-refractivity contribution in [1.82, 2.24) is 9.80 Å². The monoisotopic (exact) mass is 345 g/mol. The summed E-state index contributed by atoms with van der Waals surface area (Å²) in [5.74, 6) is 1.01. The van der Waals surface area contributed by atoms with Crippen LogP contribution in [0.15, 0.2) is 18.2 Å². The molecule has 0 radical (unpaired) electrons. The molecule has 4 rings (SSSR count). The van der Waals surface area contributed by atoms with Gasteiger partial charge >= 0.3 is 0 Å². The Morgan fingerprint density at radius 2 is 2.08 bits per heavy atom. The fraction of sp³-hybridized carbons (Fsp3) is 0.700. The van der Waals surface area contributed by atoms with E-state index in [1.807, 2.05) is 0 Å². The third-order valence-corrected chi connectivity index (χ3v) is 5.94. The van der Waals surface area contributed by atoms with Gasteiger partial charge in [0.2, 0.25) is 0 Å². The summed E-state index contributed by atoms with van der Waals surface area (Å²) in [5.41, 5.74) is 8.88. The molecule has 0 saturated carbocycles. The Hall–Kier alpha value is -1.14. The van der Waals surface area contributed by atoms with Crippen molar-refractivity contribution in [3.63, 3.8) is 0 Å². The molecule has 3 aliphatic rings. The van der Waals surface area contributed by atoms with Gasteiger partial charge < -0.3 is 20.1 Å². The number of likely N-dealkylation sites (tertiary alicyclic amines) is 1. The van der Waals surface area contributed by atoms with Gasteiger partial charge in [-0.1, -0.05) is 6.07 Å². The second-order valence-corrected chi connectivity index (χ2v) is 7.80. The van der Waals surface area contributed by atoms with Crippen LogP contribution in [0.4, 0.5) is 0 Å². The van der Waals surface area contributed by atoms with E-state index in [0.29, 0.717) is 24.8 Å². The van der Waals surface area contributed by atoms with E-state index in [-0.39, 0.29) is 0 Å². The van der Waals surface area contributed by atoms with Crippen molar-refractivity contribution >= 4 is 0 Å². The third-order valence-electron chi connectivity index (χ3n) is 5.94. The van der Waals surface area contributed by atoms with Gasteiger partial charge in [0, 0.05) is 45.4 Å². The predicted octanol–water partition coefficient (Wildman–Crippen LogP) is 2.15. The molecule has 0 bridgehead atoms. The summed E-state index contributed by atoms with van der Waals surface area (Å²) in [4.78, 5) is 4.86. The molecule has 2 fully saturated rings. The fourth-order valence-corrected chi connectivity index (χ4v) is 4.44. The van der Waals surface area contributed by atoms with E-state index in [1.165, 1.54) is 24.0 Å². The van der Waals surface area contributed by atoms with Crippen molar-refractivity contribution in [2.45, 2.75) is 50.5 Å². The highest BCUT2D eigenvalue weighted by atomic mass is 16.5. The SMILES string of the molecule is CN1CCC(Oc2ccc3c(c2)C(CN)N(CC2CCCO2)C3)CC1. The molecule has 5 heteroatoms. The standard InChI is InChI=1S/C20H31N3O2/c1-22-8-6-16(7-9-22)25-17-5-4-15-13-23(14-18-3-2-10-24-18)20(12-21)19(15)11-17/h4-5,11,16,18,20H,2-3,6-10,12-14,21H2,1H3. The smallest absolute Gasteiger partial charge is 0.120 e. The van der Waals surface area contributed by atoms with Gasteiger partial charge in [-0.05, 0) is 56.0 Å². The summed E-state index contributed by atoms with van der Waals surface area (Å²) in [6.07, 6.45) is 5.30. The Morgan fingerprint density at radius 1 is 1.24 bits per heavy atom. The minimum Gasteiger partial charge on any atom is -0.490 e. The molecule has 0 amide bonds. The summed E-state index contributed by atoms with van der Waals surface area (Å²) >= 11 is 0. The zero-order valence-electron chi connectivity index (χ0n) is 15.3. The number of benzene rings is 1. The lowest BCUT2D eigenvalue weighted by Gasteiger charge is -2.29. The van der Waals surface area contributed by atoms with Crippen molar-refractivity contribution in [2.75, 3.05) is 39.8 Å². The summed E-state index contributed by atoms with van der Waals surface area (Å²) in [6.45, 7) is 5.77. The van der Waals surface area contributed by atoms with E-state index >= 15 is 0 Å². The topological polar surface area (TPSA) is 51.0 Å². The predicted molar refractivity (Wildman–Crippen MR) is 98.8 cm³/mol. The summed E-state index contributed by atoms with van der Waals surface area (Å²) in [7, 11) is 2.18. The number of ether oxygens (including phenoxy) is 2. The molecule has 5 nitrogen and oxygen atoms in total. The minimum absolute atomic E-state index is 0.292. The van der Waals surface area contributed by atoms with Crippen molar-refractivity contribution in [3.8, 4) is 5.75 Å². The van der Waals surface area contributed by atoms with Gasteiger partial charge in [0.15, 0.2) is 0 Å². The first kappa shape index (κ1) is 17.3. The number of nitrogens with zero attached hydrogens (tertiary/aromatic N) is 2. The molecule has 1 aromatic carbocycles. The highest BCUT2D eigenvalue weighted by Crippen LogP contribution is 2.36. The fourth-order valence-electron chi connectivity index (χ4n) is 4.44. The Morgan fingerprint density at radius 3 is 2.80 bits per heavy atom. The first-order chi connectivity index (χ1) is 12.2. The van der Waals surface area contributed by atoms with Crippen LogP contribution in [-0.2, 0) is 11.3 Å². The van der Waals surface area contributed by atoms with Crippen LogP contribution in [0.5, 0.6) is 5.75 Å². The van der Waals surface area contributed by atoms with Gasteiger partial charge in [-0.15, -0.1) is 0 Å². The van der Waals surface area contributed by atoms with Crippen LogP contribution >= 0.6 is 0 Å². The molecular weight excluding hydrogens is 314 g/mol. The largest absolute Gasteiger partial charge is 0.490 e. The van der Waals surface area contributed by atoms with Crippen molar-refractivity contribution < 1.29 is 9.47 Å². The number of piperidine rings is 1. The molecule has 0 spiro atoms. The van der Waals surface area contributed by atoms with Crippen LogP contribution in [0.3, 0.4) is 0 Å². The van der Waals surface area contributed by atoms with Gasteiger partial charge in [-0.3, -0.25) is 4.90 Å². The Labute approximate surface area is 151 Å². The Balaban J connectivity index is 1.43. The molecule has 138 valence electrons. The summed E-state index contributed by atoms with van der Waals surface area (Å²) in [5, 5.41) is 0. The quantitative estimate of drug-likeness (QED) is 0.886. The minimum atomic E-state index is 0.292. The molecule has 0 aromatic heterocycles. The molecular formula is C20H31N3O2. The second-order valence-electron chi connectivity index (χ2n) is 7.80. The lowest BCUT2D eigenvalue weighted by molar-refractivity contribution is 0.0609. The maximum absolute atomic E-state index is 6.28. The van der Waals surface area contributed by atoms with Crippen LogP contribution in [0.2, 0.25) is 0 Å². The van der Waals surface area contributed by atoms with Crippen molar-refractivity contribution in [2.24, 2.45) is 5.73 Å². The van der Waals surface area contributed by atoms with Crippen molar-refractivity contribution in [1.29, 1.82) is 0 Å². The van der Waals surface area contributed by atoms with Gasteiger partial charge in [-0.25, -0.2) is 0 Å². The van der Waals surface area contributed by atoms with Gasteiger partial charge in [0.25, 0.3) is 0 Å². The zero-order valence-corrected chi connectivity index (χ0v) is 15.3. The molecule has 2 saturated heterocycles. The van der Waals surface area contributed by atoms with Crippen LogP contribution in [-0.4, -0.2) is 61.8 Å². The zero-order chi connectivity index (χ0) is 17.2. The lowest BCUT2D eigenvalue weighted by Crippen LogP contribution is -2.35. The Kier molecular flexibility index (Phi) is 5.27. The number of hydrogen-bond donors (Lipinski definition) is 1. The number of rotatable bonds is 5. The maximum atomic E-state index is 6.28. The average Bonchev–Trinajstić information content (AvgIpc) is 3.24.